The van der Waals surface area contributed by atoms with E-state index in [0.717, 1.165) is 24.5 Å². The fraction of sp³-hybridized carbons (Fsp3) is 0.750. The maximum absolute atomic E-state index is 5.89. The predicted octanol–water partition coefficient (Wildman–Crippen LogP) is 3.59. The van der Waals surface area contributed by atoms with Crippen LogP contribution >= 0.6 is 0 Å². The zero-order valence-corrected chi connectivity index (χ0v) is 12.2. The normalized spacial score (nSPS) is 29.8. The van der Waals surface area contributed by atoms with Crippen LogP contribution in [0, 0.1) is 12.3 Å². The van der Waals surface area contributed by atoms with E-state index in [1.54, 1.807) is 0 Å². The quantitative estimate of drug-likeness (QED) is 0.881. The van der Waals surface area contributed by atoms with Gasteiger partial charge in [-0.05, 0) is 52.2 Å². The molecule has 0 saturated heterocycles. The Morgan fingerprint density at radius 2 is 2.26 bits per heavy atom. The first kappa shape index (κ1) is 13.2. The van der Waals surface area contributed by atoms with Gasteiger partial charge >= 0.3 is 0 Å². The molecule has 106 valence electrons. The van der Waals surface area contributed by atoms with Crippen LogP contribution < -0.4 is 5.32 Å². The van der Waals surface area contributed by atoms with Crippen LogP contribution in [0.15, 0.2) is 16.5 Å². The largest absolute Gasteiger partial charge is 0.465 e. The standard InChI is InChI=1S/C16H25NO2/c1-4-18-15-10-14(16(15)8-5-9-16)17-12(3)13-7-6-11(2)19-13/h6-7,12,14-15,17H,4-5,8-10H2,1-3H3. The summed E-state index contributed by atoms with van der Waals surface area (Å²) >= 11 is 0. The van der Waals surface area contributed by atoms with Crippen molar-refractivity contribution in [1.29, 1.82) is 0 Å². The molecule has 3 atom stereocenters. The Balaban J connectivity index is 1.62. The van der Waals surface area contributed by atoms with Crippen molar-refractivity contribution in [2.45, 2.75) is 64.6 Å². The minimum absolute atomic E-state index is 0.291. The highest BCUT2D eigenvalue weighted by molar-refractivity contribution is 5.15. The van der Waals surface area contributed by atoms with Crippen molar-refractivity contribution < 1.29 is 9.15 Å². The molecule has 19 heavy (non-hydrogen) atoms. The van der Waals surface area contributed by atoms with E-state index in [2.05, 4.69) is 25.2 Å². The van der Waals surface area contributed by atoms with Crippen LogP contribution in [0.25, 0.3) is 0 Å². The third kappa shape index (κ3) is 2.13. The van der Waals surface area contributed by atoms with E-state index in [1.807, 2.05) is 13.0 Å². The van der Waals surface area contributed by atoms with E-state index < -0.39 is 0 Å². The first-order valence-electron chi connectivity index (χ1n) is 7.59. The Bertz CT molecular complexity index is 436. The highest BCUT2D eigenvalue weighted by atomic mass is 16.5. The summed E-state index contributed by atoms with van der Waals surface area (Å²) in [5, 5.41) is 3.75. The van der Waals surface area contributed by atoms with Crippen molar-refractivity contribution in [3.05, 3.63) is 23.7 Å². The lowest BCUT2D eigenvalue weighted by Gasteiger charge is -2.61. The molecule has 0 aromatic carbocycles. The summed E-state index contributed by atoms with van der Waals surface area (Å²) in [6, 6.07) is 5.01. The van der Waals surface area contributed by atoms with Gasteiger partial charge in [-0.15, -0.1) is 0 Å². The van der Waals surface area contributed by atoms with E-state index in [0.29, 0.717) is 23.6 Å². The fourth-order valence-electron chi connectivity index (χ4n) is 3.74. The molecule has 2 saturated carbocycles. The Kier molecular flexibility index (Phi) is 3.44. The van der Waals surface area contributed by atoms with Crippen LogP contribution in [0.5, 0.6) is 0 Å². The minimum atomic E-state index is 0.291. The Labute approximate surface area is 115 Å². The second-order valence-electron chi connectivity index (χ2n) is 6.16. The molecule has 1 aromatic rings. The summed E-state index contributed by atoms with van der Waals surface area (Å²) in [7, 11) is 0. The number of hydrogen-bond acceptors (Lipinski definition) is 3. The zero-order chi connectivity index (χ0) is 13.5. The van der Waals surface area contributed by atoms with Gasteiger partial charge in [0.1, 0.15) is 11.5 Å². The van der Waals surface area contributed by atoms with Gasteiger partial charge in [-0.2, -0.15) is 0 Å². The molecule has 2 aliphatic carbocycles. The number of nitrogens with one attached hydrogen (secondary N) is 1. The molecule has 0 amide bonds. The van der Waals surface area contributed by atoms with Crippen molar-refractivity contribution in [2.24, 2.45) is 5.41 Å². The molecule has 3 nitrogen and oxygen atoms in total. The van der Waals surface area contributed by atoms with E-state index in [1.165, 1.54) is 19.3 Å². The number of rotatable bonds is 5. The third-order valence-electron chi connectivity index (χ3n) is 5.08. The van der Waals surface area contributed by atoms with E-state index in [-0.39, 0.29) is 0 Å². The van der Waals surface area contributed by atoms with Crippen LogP contribution in [0.2, 0.25) is 0 Å². The van der Waals surface area contributed by atoms with Crippen LogP contribution in [0.4, 0.5) is 0 Å². The Morgan fingerprint density at radius 1 is 1.47 bits per heavy atom. The first-order chi connectivity index (χ1) is 9.15. The van der Waals surface area contributed by atoms with Crippen molar-refractivity contribution in [2.75, 3.05) is 6.61 Å². The van der Waals surface area contributed by atoms with Crippen molar-refractivity contribution in [3.8, 4) is 0 Å². The molecule has 1 N–H and O–H groups in total. The average Bonchev–Trinajstić information content (AvgIpc) is 2.72. The molecule has 1 heterocycles. The van der Waals surface area contributed by atoms with E-state index >= 15 is 0 Å². The second-order valence-corrected chi connectivity index (χ2v) is 6.16. The van der Waals surface area contributed by atoms with E-state index in [4.69, 9.17) is 9.15 Å². The molecule has 3 unspecified atom stereocenters. The van der Waals surface area contributed by atoms with Crippen LogP contribution in [-0.4, -0.2) is 18.8 Å². The summed E-state index contributed by atoms with van der Waals surface area (Å²) < 4.78 is 11.6. The lowest BCUT2D eigenvalue weighted by atomic mass is 9.51. The Hall–Kier alpha value is -0.800. The molecule has 0 radical (unpaired) electrons. The van der Waals surface area contributed by atoms with Gasteiger partial charge in [0, 0.05) is 18.1 Å². The maximum atomic E-state index is 5.89. The zero-order valence-electron chi connectivity index (χ0n) is 12.2. The Morgan fingerprint density at radius 3 is 2.79 bits per heavy atom. The molecular weight excluding hydrogens is 238 g/mol. The van der Waals surface area contributed by atoms with Gasteiger partial charge in [-0.3, -0.25) is 0 Å². The van der Waals surface area contributed by atoms with Gasteiger partial charge in [0.2, 0.25) is 0 Å². The van der Waals surface area contributed by atoms with Crippen molar-refractivity contribution in [1.82, 2.24) is 5.32 Å². The number of furan rings is 1. The molecular formula is C16H25NO2. The predicted molar refractivity (Wildman–Crippen MR) is 75.1 cm³/mol. The minimum Gasteiger partial charge on any atom is -0.465 e. The first-order valence-corrected chi connectivity index (χ1v) is 7.59. The van der Waals surface area contributed by atoms with Gasteiger partial charge < -0.3 is 14.5 Å². The van der Waals surface area contributed by atoms with Gasteiger partial charge in [-0.25, -0.2) is 0 Å². The highest BCUT2D eigenvalue weighted by Gasteiger charge is 2.58. The molecule has 0 bridgehead atoms. The van der Waals surface area contributed by atoms with Gasteiger partial charge in [0.15, 0.2) is 0 Å². The topological polar surface area (TPSA) is 34.4 Å². The number of ether oxygens (including phenoxy) is 1. The molecule has 1 spiro atoms. The summed E-state index contributed by atoms with van der Waals surface area (Å²) in [6.45, 7) is 7.13. The van der Waals surface area contributed by atoms with Crippen molar-refractivity contribution in [3.63, 3.8) is 0 Å². The number of hydrogen-bond donors (Lipinski definition) is 1. The van der Waals surface area contributed by atoms with Gasteiger partial charge in [0.05, 0.1) is 12.1 Å². The highest BCUT2D eigenvalue weighted by Crippen LogP contribution is 2.57. The van der Waals surface area contributed by atoms with E-state index in [9.17, 15) is 0 Å². The second kappa shape index (κ2) is 4.95. The maximum Gasteiger partial charge on any atom is 0.120 e. The molecule has 3 rings (SSSR count). The van der Waals surface area contributed by atoms with Crippen molar-refractivity contribution >= 4 is 0 Å². The number of aryl methyl sites for hydroxylation is 1. The van der Waals surface area contributed by atoms with Gasteiger partial charge in [-0.1, -0.05) is 6.42 Å². The summed E-state index contributed by atoms with van der Waals surface area (Å²) in [6.07, 6.45) is 5.63. The smallest absolute Gasteiger partial charge is 0.120 e. The monoisotopic (exact) mass is 263 g/mol. The lowest BCUT2D eigenvalue weighted by Crippen LogP contribution is -2.67. The molecule has 2 aliphatic rings. The average molecular weight is 263 g/mol. The molecule has 1 aromatic heterocycles. The third-order valence-corrected chi connectivity index (χ3v) is 5.08. The van der Waals surface area contributed by atoms with Crippen LogP contribution in [-0.2, 0) is 4.74 Å². The summed E-state index contributed by atoms with van der Waals surface area (Å²) in [5.41, 5.74) is 0.423. The van der Waals surface area contributed by atoms with Gasteiger partial charge in [0.25, 0.3) is 0 Å². The van der Waals surface area contributed by atoms with Crippen LogP contribution in [0.3, 0.4) is 0 Å². The fourth-order valence-corrected chi connectivity index (χ4v) is 3.74. The lowest BCUT2D eigenvalue weighted by molar-refractivity contribution is -0.174. The van der Waals surface area contributed by atoms with Crippen LogP contribution in [0.1, 0.15) is 57.1 Å². The molecule has 2 fully saturated rings. The SMILES string of the molecule is CCOC1CC(NC(C)c2ccc(C)o2)C12CCC2. The summed E-state index contributed by atoms with van der Waals surface area (Å²) in [4.78, 5) is 0. The molecule has 0 aliphatic heterocycles. The summed E-state index contributed by atoms with van der Waals surface area (Å²) in [5.74, 6) is 2.04. The molecule has 3 heteroatoms.